The molecule has 0 aromatic heterocycles. The third-order valence-electron chi connectivity index (χ3n) is 4.47. The summed E-state index contributed by atoms with van der Waals surface area (Å²) in [5, 5.41) is 2.45. The standard InChI is InChI=1S/C24H20Br3N3O4S/c25-16-6-8-20(33-11-10-15-4-2-1-3-5-15)18(12-16)23(32)28-24(35)30-29-22(31)14-34-21-9-7-17(26)13-19(21)27/h1-9,12-13H,10-11,14H2,(H,29,31)(H2,28,30,32,35). The number of hydrazine groups is 1. The van der Waals surface area contributed by atoms with Gasteiger partial charge < -0.3 is 9.47 Å². The van der Waals surface area contributed by atoms with Gasteiger partial charge in [0, 0.05) is 15.4 Å². The first-order chi connectivity index (χ1) is 16.8. The summed E-state index contributed by atoms with van der Waals surface area (Å²) in [6.45, 7) is 0.147. The van der Waals surface area contributed by atoms with E-state index >= 15 is 0 Å². The lowest BCUT2D eigenvalue weighted by Crippen LogP contribution is -2.49. The lowest BCUT2D eigenvalue weighted by atomic mass is 10.1. The highest BCUT2D eigenvalue weighted by molar-refractivity contribution is 9.11. The van der Waals surface area contributed by atoms with E-state index in [1.165, 1.54) is 0 Å². The Balaban J connectivity index is 1.48. The molecule has 0 unspecified atom stereocenters. The number of benzene rings is 3. The van der Waals surface area contributed by atoms with Crippen LogP contribution < -0.4 is 25.6 Å². The number of carbonyl (C=O) groups excluding carboxylic acids is 2. The second-order valence-corrected chi connectivity index (χ2v) is 10.1. The lowest BCUT2D eigenvalue weighted by Gasteiger charge is -2.14. The summed E-state index contributed by atoms with van der Waals surface area (Å²) in [7, 11) is 0. The van der Waals surface area contributed by atoms with Crippen molar-refractivity contribution in [2.24, 2.45) is 0 Å². The second-order valence-electron chi connectivity index (χ2n) is 7.04. The maximum atomic E-state index is 12.8. The number of carbonyl (C=O) groups is 2. The summed E-state index contributed by atoms with van der Waals surface area (Å²) < 4.78 is 13.6. The van der Waals surface area contributed by atoms with Crippen LogP contribution in [0.15, 0.2) is 80.1 Å². The van der Waals surface area contributed by atoms with Crippen LogP contribution in [0.1, 0.15) is 15.9 Å². The molecule has 182 valence electrons. The van der Waals surface area contributed by atoms with Gasteiger partial charge in [0.2, 0.25) is 0 Å². The Morgan fingerprint density at radius 1 is 0.829 bits per heavy atom. The molecule has 3 N–H and O–H groups in total. The Kier molecular flexibility index (Phi) is 10.5. The van der Waals surface area contributed by atoms with Crippen molar-refractivity contribution in [2.75, 3.05) is 13.2 Å². The molecular weight excluding hydrogens is 666 g/mol. The molecule has 35 heavy (non-hydrogen) atoms. The number of hydrogen-bond acceptors (Lipinski definition) is 5. The van der Waals surface area contributed by atoms with Gasteiger partial charge in [-0.25, -0.2) is 0 Å². The first-order valence-corrected chi connectivity index (χ1v) is 13.0. The molecule has 0 saturated carbocycles. The Labute approximate surface area is 233 Å². The molecule has 0 fully saturated rings. The van der Waals surface area contributed by atoms with Crippen LogP contribution in [0.5, 0.6) is 11.5 Å². The van der Waals surface area contributed by atoms with Crippen LogP contribution in [0.25, 0.3) is 0 Å². The molecular formula is C24H20Br3N3O4S. The molecule has 0 aliphatic carbocycles. The molecule has 0 bridgehead atoms. The number of thiocarbonyl (C=S) groups is 1. The van der Waals surface area contributed by atoms with Crippen molar-refractivity contribution in [1.82, 2.24) is 16.2 Å². The summed E-state index contributed by atoms with van der Waals surface area (Å²) in [5.74, 6) is -0.0396. The minimum absolute atomic E-state index is 0.0802. The summed E-state index contributed by atoms with van der Waals surface area (Å²) in [5.41, 5.74) is 6.30. The van der Waals surface area contributed by atoms with Crippen LogP contribution in [-0.2, 0) is 11.2 Å². The van der Waals surface area contributed by atoms with Crippen LogP contribution in [-0.4, -0.2) is 30.1 Å². The SMILES string of the molecule is O=C(COc1ccc(Br)cc1Br)NNC(=S)NC(=O)c1cc(Br)ccc1OCCc1ccccc1. The highest BCUT2D eigenvalue weighted by Gasteiger charge is 2.15. The highest BCUT2D eigenvalue weighted by atomic mass is 79.9. The maximum absolute atomic E-state index is 12.8. The summed E-state index contributed by atoms with van der Waals surface area (Å²) in [6.07, 6.45) is 0.697. The van der Waals surface area contributed by atoms with E-state index in [2.05, 4.69) is 64.0 Å². The van der Waals surface area contributed by atoms with E-state index in [4.69, 9.17) is 21.7 Å². The van der Waals surface area contributed by atoms with Crippen LogP contribution in [0.3, 0.4) is 0 Å². The van der Waals surface area contributed by atoms with Crippen LogP contribution in [0.2, 0.25) is 0 Å². The molecule has 0 spiro atoms. The second kappa shape index (κ2) is 13.6. The minimum Gasteiger partial charge on any atom is -0.492 e. The summed E-state index contributed by atoms with van der Waals surface area (Å²) in [6, 6.07) is 20.4. The van der Waals surface area contributed by atoms with Crippen LogP contribution in [0.4, 0.5) is 0 Å². The lowest BCUT2D eigenvalue weighted by molar-refractivity contribution is -0.123. The fourth-order valence-corrected chi connectivity index (χ4v) is 4.50. The van der Waals surface area contributed by atoms with Gasteiger partial charge in [-0.2, -0.15) is 0 Å². The first-order valence-electron chi connectivity index (χ1n) is 10.3. The zero-order chi connectivity index (χ0) is 25.2. The first kappa shape index (κ1) is 27.1. The molecule has 0 aliphatic heterocycles. The van der Waals surface area contributed by atoms with Crippen molar-refractivity contribution in [1.29, 1.82) is 0 Å². The Hall–Kier alpha value is -2.47. The molecule has 0 aliphatic rings. The largest absolute Gasteiger partial charge is 0.492 e. The van der Waals surface area contributed by atoms with E-state index in [0.29, 0.717) is 39.0 Å². The Morgan fingerprint density at radius 2 is 1.51 bits per heavy atom. The van der Waals surface area contributed by atoms with Crippen LogP contribution >= 0.6 is 60.0 Å². The van der Waals surface area contributed by atoms with Crippen molar-refractivity contribution < 1.29 is 19.1 Å². The molecule has 11 heteroatoms. The summed E-state index contributed by atoms with van der Waals surface area (Å²) in [4.78, 5) is 24.9. The van der Waals surface area contributed by atoms with Gasteiger partial charge in [0.05, 0.1) is 16.6 Å². The molecule has 2 amide bonds. The number of rotatable bonds is 8. The normalized spacial score (nSPS) is 10.3. The van der Waals surface area contributed by atoms with Gasteiger partial charge in [0.25, 0.3) is 11.8 Å². The van der Waals surface area contributed by atoms with Crippen molar-refractivity contribution >= 4 is 76.9 Å². The average molecular weight is 686 g/mol. The van der Waals surface area contributed by atoms with Gasteiger partial charge in [-0.05, 0) is 70.1 Å². The van der Waals surface area contributed by atoms with E-state index in [0.717, 1.165) is 10.0 Å². The molecule has 0 heterocycles. The van der Waals surface area contributed by atoms with E-state index in [1.807, 2.05) is 30.3 Å². The molecule has 0 atom stereocenters. The zero-order valence-electron chi connectivity index (χ0n) is 18.1. The predicted octanol–water partition coefficient (Wildman–Crippen LogP) is 5.31. The van der Waals surface area contributed by atoms with Gasteiger partial charge in [-0.3, -0.25) is 25.8 Å². The van der Waals surface area contributed by atoms with Gasteiger partial charge in [0.1, 0.15) is 11.5 Å². The fourth-order valence-electron chi connectivity index (χ4n) is 2.83. The van der Waals surface area contributed by atoms with Crippen LogP contribution in [0, 0.1) is 0 Å². The van der Waals surface area contributed by atoms with E-state index in [9.17, 15) is 9.59 Å². The monoisotopic (exact) mass is 683 g/mol. The third kappa shape index (κ3) is 8.92. The quantitative estimate of drug-likeness (QED) is 0.220. The minimum atomic E-state index is -0.484. The van der Waals surface area contributed by atoms with Gasteiger partial charge in [-0.15, -0.1) is 0 Å². The Bertz CT molecular complexity index is 1210. The fraction of sp³-hybridized carbons (Fsp3) is 0.125. The number of ether oxygens (including phenoxy) is 2. The van der Waals surface area contributed by atoms with Crippen molar-refractivity contribution in [3.8, 4) is 11.5 Å². The number of halogens is 3. The summed E-state index contributed by atoms with van der Waals surface area (Å²) >= 11 is 15.2. The average Bonchev–Trinajstić information content (AvgIpc) is 2.83. The number of nitrogens with one attached hydrogen (secondary N) is 3. The maximum Gasteiger partial charge on any atom is 0.276 e. The van der Waals surface area contributed by atoms with Crippen molar-refractivity contribution in [3.05, 3.63) is 91.3 Å². The highest BCUT2D eigenvalue weighted by Crippen LogP contribution is 2.28. The van der Waals surface area contributed by atoms with E-state index < -0.39 is 11.8 Å². The Morgan fingerprint density at radius 3 is 2.23 bits per heavy atom. The third-order valence-corrected chi connectivity index (χ3v) is 6.28. The molecule has 0 saturated heterocycles. The molecule has 3 aromatic rings. The van der Waals surface area contributed by atoms with Gasteiger partial charge >= 0.3 is 0 Å². The molecule has 0 radical (unpaired) electrons. The van der Waals surface area contributed by atoms with Crippen molar-refractivity contribution in [3.63, 3.8) is 0 Å². The molecule has 3 aromatic carbocycles. The smallest absolute Gasteiger partial charge is 0.276 e. The number of amides is 2. The van der Waals surface area contributed by atoms with E-state index in [1.54, 1.807) is 36.4 Å². The molecule has 3 rings (SSSR count). The van der Waals surface area contributed by atoms with E-state index in [-0.39, 0.29) is 11.7 Å². The number of hydrogen-bond donors (Lipinski definition) is 3. The predicted molar refractivity (Wildman–Crippen MR) is 148 cm³/mol. The van der Waals surface area contributed by atoms with Crippen molar-refractivity contribution in [2.45, 2.75) is 6.42 Å². The molecule has 7 nitrogen and oxygen atoms in total. The van der Waals surface area contributed by atoms with Gasteiger partial charge in [-0.1, -0.05) is 62.2 Å². The zero-order valence-corrected chi connectivity index (χ0v) is 23.7. The topological polar surface area (TPSA) is 88.7 Å². The van der Waals surface area contributed by atoms with Gasteiger partial charge in [0.15, 0.2) is 11.7 Å².